The molecule has 0 spiro atoms. The van der Waals surface area contributed by atoms with Crippen LogP contribution in [0.2, 0.25) is 0 Å². The average Bonchev–Trinajstić information content (AvgIpc) is 3.00. The van der Waals surface area contributed by atoms with Gasteiger partial charge < -0.3 is 4.42 Å². The monoisotopic (exact) mass is 324 g/mol. The molecular formula is C21H14N3O+. The van der Waals surface area contributed by atoms with Gasteiger partial charge in [-0.25, -0.2) is 4.57 Å². The number of rotatable bonds is 1. The summed E-state index contributed by atoms with van der Waals surface area (Å²) in [6, 6.07) is 17.8. The Kier molecular flexibility index (Phi) is 3.27. The summed E-state index contributed by atoms with van der Waals surface area (Å²) >= 11 is 0. The number of furan rings is 1. The lowest BCUT2D eigenvalue weighted by atomic mass is 9.99. The predicted molar refractivity (Wildman–Crippen MR) is 94.5 cm³/mol. The molecule has 0 amide bonds. The van der Waals surface area contributed by atoms with Gasteiger partial charge in [0.1, 0.15) is 30.3 Å². The second-order valence-corrected chi connectivity index (χ2v) is 6.02. The first kappa shape index (κ1) is 14.9. The number of fused-ring (bicyclic) bond motifs is 3. The summed E-state index contributed by atoms with van der Waals surface area (Å²) in [6.45, 7) is 2.04. The van der Waals surface area contributed by atoms with Gasteiger partial charge in [-0.2, -0.15) is 10.5 Å². The van der Waals surface area contributed by atoms with E-state index in [4.69, 9.17) is 4.42 Å². The maximum absolute atomic E-state index is 9.49. The third kappa shape index (κ3) is 2.09. The van der Waals surface area contributed by atoms with Crippen molar-refractivity contribution in [1.29, 1.82) is 10.5 Å². The van der Waals surface area contributed by atoms with E-state index in [0.29, 0.717) is 11.1 Å². The number of aryl methyl sites for hydroxylation is 2. The van der Waals surface area contributed by atoms with Crippen molar-refractivity contribution in [3.05, 3.63) is 65.4 Å². The van der Waals surface area contributed by atoms with Crippen LogP contribution in [0.25, 0.3) is 33.2 Å². The van der Waals surface area contributed by atoms with Gasteiger partial charge in [-0.1, -0.05) is 12.1 Å². The van der Waals surface area contributed by atoms with Crippen molar-refractivity contribution in [1.82, 2.24) is 0 Å². The Hall–Kier alpha value is -3.63. The van der Waals surface area contributed by atoms with Crippen LogP contribution in [0, 0.1) is 29.6 Å². The normalized spacial score (nSPS) is 10.7. The molecule has 2 heterocycles. The molecular weight excluding hydrogens is 310 g/mol. The van der Waals surface area contributed by atoms with Crippen LogP contribution in [-0.4, -0.2) is 0 Å². The molecule has 25 heavy (non-hydrogen) atoms. The summed E-state index contributed by atoms with van der Waals surface area (Å²) in [5.41, 5.74) is 4.95. The van der Waals surface area contributed by atoms with E-state index in [-0.39, 0.29) is 5.56 Å². The maximum Gasteiger partial charge on any atom is 0.216 e. The van der Waals surface area contributed by atoms with Gasteiger partial charge in [0, 0.05) is 22.9 Å². The summed E-state index contributed by atoms with van der Waals surface area (Å²) in [7, 11) is 1.99. The van der Waals surface area contributed by atoms with E-state index in [1.165, 1.54) is 0 Å². The highest BCUT2D eigenvalue weighted by molar-refractivity contribution is 6.11. The topological polar surface area (TPSA) is 64.6 Å². The minimum atomic E-state index is 0.289. The number of hydrogen-bond acceptors (Lipinski definition) is 3. The number of aromatic nitrogens is 1. The quantitative estimate of drug-likeness (QED) is 0.495. The summed E-state index contributed by atoms with van der Waals surface area (Å²) in [6.07, 6.45) is 1.99. The molecule has 118 valence electrons. The van der Waals surface area contributed by atoms with E-state index in [2.05, 4.69) is 18.2 Å². The first-order chi connectivity index (χ1) is 12.2. The predicted octanol–water partition coefficient (Wildman–Crippen LogP) is 4.13. The fourth-order valence-electron chi connectivity index (χ4n) is 3.31. The molecule has 0 fully saturated rings. The smallest absolute Gasteiger partial charge is 0.216 e. The molecule has 4 nitrogen and oxygen atoms in total. The molecule has 4 heteroatoms. The average molecular weight is 324 g/mol. The van der Waals surface area contributed by atoms with Gasteiger partial charge in [0.2, 0.25) is 5.69 Å². The molecule has 0 saturated carbocycles. The van der Waals surface area contributed by atoms with Crippen molar-refractivity contribution in [2.75, 3.05) is 0 Å². The molecule has 2 aromatic carbocycles. The zero-order chi connectivity index (χ0) is 17.6. The molecule has 4 aromatic rings. The third-order valence-electron chi connectivity index (χ3n) is 4.56. The number of nitriles is 2. The molecule has 0 N–H and O–H groups in total. The molecule has 0 aliphatic carbocycles. The van der Waals surface area contributed by atoms with E-state index in [1.54, 1.807) is 6.07 Å². The van der Waals surface area contributed by atoms with Crippen LogP contribution >= 0.6 is 0 Å². The van der Waals surface area contributed by atoms with Gasteiger partial charge in [0.15, 0.2) is 11.8 Å². The molecule has 2 aromatic heterocycles. The Bertz CT molecular complexity index is 1240. The molecule has 0 saturated heterocycles. The Labute approximate surface area is 144 Å². The largest absolute Gasteiger partial charge is 0.454 e. The summed E-state index contributed by atoms with van der Waals surface area (Å²) in [5, 5.41) is 20.5. The van der Waals surface area contributed by atoms with Crippen LogP contribution < -0.4 is 4.57 Å². The minimum absolute atomic E-state index is 0.289. The number of benzene rings is 2. The van der Waals surface area contributed by atoms with Crippen molar-refractivity contribution >= 4 is 21.9 Å². The first-order valence-corrected chi connectivity index (χ1v) is 7.89. The van der Waals surface area contributed by atoms with Crippen LogP contribution in [0.5, 0.6) is 0 Å². The Morgan fingerprint density at radius 1 is 0.920 bits per heavy atom. The Morgan fingerprint density at radius 2 is 1.68 bits per heavy atom. The molecule has 0 atom stereocenters. The van der Waals surface area contributed by atoms with Crippen LogP contribution in [0.3, 0.4) is 0 Å². The lowest BCUT2D eigenvalue weighted by Crippen LogP contribution is -2.30. The van der Waals surface area contributed by atoms with E-state index < -0.39 is 0 Å². The fraction of sp³-hybridized carbons (Fsp3) is 0.0952. The van der Waals surface area contributed by atoms with Crippen LogP contribution in [0.4, 0.5) is 0 Å². The lowest BCUT2D eigenvalue weighted by molar-refractivity contribution is -0.660. The maximum atomic E-state index is 9.49. The molecule has 4 rings (SSSR count). The highest BCUT2D eigenvalue weighted by atomic mass is 16.3. The fourth-order valence-corrected chi connectivity index (χ4v) is 3.31. The summed E-state index contributed by atoms with van der Waals surface area (Å²) in [4.78, 5) is 0. The third-order valence-corrected chi connectivity index (χ3v) is 4.56. The first-order valence-electron chi connectivity index (χ1n) is 7.89. The van der Waals surface area contributed by atoms with Crippen LogP contribution in [0.1, 0.15) is 16.7 Å². The SMILES string of the molecule is Cc1ccc2c(oc3c(C#N)c(C#N)ccc32)c1-c1cccc[n+]1C. The Morgan fingerprint density at radius 3 is 2.40 bits per heavy atom. The lowest BCUT2D eigenvalue weighted by Gasteiger charge is -2.04. The highest BCUT2D eigenvalue weighted by Crippen LogP contribution is 2.38. The van der Waals surface area contributed by atoms with E-state index >= 15 is 0 Å². The van der Waals surface area contributed by atoms with E-state index in [1.807, 2.05) is 55.1 Å². The molecule has 0 unspecified atom stereocenters. The van der Waals surface area contributed by atoms with Gasteiger partial charge in [0.25, 0.3) is 0 Å². The zero-order valence-corrected chi connectivity index (χ0v) is 13.9. The van der Waals surface area contributed by atoms with E-state index in [0.717, 1.165) is 33.2 Å². The summed E-state index contributed by atoms with van der Waals surface area (Å²) < 4.78 is 8.19. The van der Waals surface area contributed by atoms with Gasteiger partial charge in [-0.05, 0) is 30.7 Å². The molecule has 0 bridgehead atoms. The van der Waals surface area contributed by atoms with Crippen molar-refractivity contribution in [3.63, 3.8) is 0 Å². The molecule has 0 radical (unpaired) electrons. The van der Waals surface area contributed by atoms with Gasteiger partial charge in [-0.3, -0.25) is 0 Å². The second-order valence-electron chi connectivity index (χ2n) is 6.02. The molecule has 0 aliphatic heterocycles. The van der Waals surface area contributed by atoms with Crippen molar-refractivity contribution in [2.24, 2.45) is 7.05 Å². The van der Waals surface area contributed by atoms with Crippen molar-refractivity contribution in [2.45, 2.75) is 6.92 Å². The summed E-state index contributed by atoms with van der Waals surface area (Å²) in [5.74, 6) is 0. The van der Waals surface area contributed by atoms with Crippen molar-refractivity contribution in [3.8, 4) is 23.4 Å². The number of hydrogen-bond donors (Lipinski definition) is 0. The van der Waals surface area contributed by atoms with Crippen molar-refractivity contribution < 1.29 is 8.98 Å². The highest BCUT2D eigenvalue weighted by Gasteiger charge is 2.22. The van der Waals surface area contributed by atoms with Crippen LogP contribution in [-0.2, 0) is 7.05 Å². The number of pyridine rings is 1. The van der Waals surface area contributed by atoms with Gasteiger partial charge in [-0.15, -0.1) is 0 Å². The van der Waals surface area contributed by atoms with Crippen LogP contribution in [0.15, 0.2) is 53.1 Å². The van der Waals surface area contributed by atoms with Gasteiger partial charge >= 0.3 is 0 Å². The molecule has 0 aliphatic rings. The van der Waals surface area contributed by atoms with Gasteiger partial charge in [0.05, 0.1) is 11.1 Å². The standard InChI is InChI=1S/C21H14N3O/c1-13-6-8-16-15-9-7-14(11-22)17(12-23)20(15)25-21(16)19(13)18-5-3-4-10-24(18)2/h3-10H,1-2H3/q+1. The minimum Gasteiger partial charge on any atom is -0.454 e. The Balaban J connectivity index is 2.20. The second kappa shape index (κ2) is 5.47. The zero-order valence-electron chi connectivity index (χ0n) is 13.9. The number of nitrogens with zero attached hydrogens (tertiary/aromatic N) is 3. The van der Waals surface area contributed by atoms with E-state index in [9.17, 15) is 10.5 Å².